The van der Waals surface area contributed by atoms with E-state index in [0.717, 1.165) is 63.8 Å². The minimum Gasteiger partial charge on any atom is -0.366 e. The van der Waals surface area contributed by atoms with Gasteiger partial charge in [-0.15, -0.1) is 0 Å². The van der Waals surface area contributed by atoms with Crippen LogP contribution in [0, 0.1) is 0 Å². The summed E-state index contributed by atoms with van der Waals surface area (Å²) in [6, 6.07) is 7.41. The molecule has 1 atom stereocenters. The maximum atomic E-state index is 12.8. The lowest BCUT2D eigenvalue weighted by Gasteiger charge is -2.36. The van der Waals surface area contributed by atoms with E-state index in [9.17, 15) is 9.59 Å². The summed E-state index contributed by atoms with van der Waals surface area (Å²) in [5, 5.41) is 0. The molecular formula is C18H25N3O2. The Hall–Kier alpha value is -1.88. The fourth-order valence-electron chi connectivity index (χ4n) is 3.62. The molecule has 0 aromatic heterocycles. The molecule has 3 rings (SSSR count). The van der Waals surface area contributed by atoms with E-state index in [0.29, 0.717) is 11.5 Å². The number of nitrogens with two attached hydrogens (primary N) is 1. The monoisotopic (exact) mass is 315 g/mol. The van der Waals surface area contributed by atoms with Gasteiger partial charge in [-0.25, -0.2) is 0 Å². The summed E-state index contributed by atoms with van der Waals surface area (Å²) in [4.78, 5) is 28.2. The maximum Gasteiger partial charge on any atom is 0.248 e. The van der Waals surface area contributed by atoms with Crippen LogP contribution in [0.2, 0.25) is 0 Å². The van der Waals surface area contributed by atoms with Crippen molar-refractivity contribution in [1.82, 2.24) is 9.80 Å². The number of carbonyl (C=O) groups is 2. The number of piperidine rings is 1. The topological polar surface area (TPSA) is 66.6 Å². The van der Waals surface area contributed by atoms with Crippen LogP contribution >= 0.6 is 0 Å². The Morgan fingerprint density at radius 1 is 1.00 bits per heavy atom. The summed E-state index contributed by atoms with van der Waals surface area (Å²) in [6.07, 6.45) is 5.49. The maximum absolute atomic E-state index is 12.8. The second kappa shape index (κ2) is 7.13. The number of likely N-dealkylation sites (tertiary alicyclic amines) is 2. The van der Waals surface area contributed by atoms with E-state index in [2.05, 4.69) is 4.90 Å². The Morgan fingerprint density at radius 3 is 2.30 bits per heavy atom. The number of carbonyl (C=O) groups excluding carboxylic acids is 2. The summed E-state index contributed by atoms with van der Waals surface area (Å²) in [5.41, 5.74) is 6.93. The molecule has 1 unspecified atom stereocenters. The Bertz CT molecular complexity index is 564. The predicted octanol–water partition coefficient (Wildman–Crippen LogP) is 1.76. The zero-order valence-corrected chi connectivity index (χ0v) is 13.5. The first-order chi connectivity index (χ1) is 11.1. The van der Waals surface area contributed by atoms with Gasteiger partial charge >= 0.3 is 0 Å². The molecule has 2 aliphatic heterocycles. The van der Waals surface area contributed by atoms with Gasteiger partial charge in [0.1, 0.15) is 0 Å². The number of amides is 2. The Labute approximate surface area is 137 Å². The molecule has 2 saturated heterocycles. The lowest BCUT2D eigenvalue weighted by molar-refractivity contribution is -0.137. The molecule has 5 heteroatoms. The van der Waals surface area contributed by atoms with Gasteiger partial charge in [0.05, 0.1) is 6.04 Å². The molecule has 5 nitrogen and oxygen atoms in total. The van der Waals surface area contributed by atoms with Crippen LogP contribution in [-0.2, 0) is 11.3 Å². The van der Waals surface area contributed by atoms with Crippen molar-refractivity contribution < 1.29 is 9.59 Å². The average molecular weight is 315 g/mol. The van der Waals surface area contributed by atoms with Crippen molar-refractivity contribution in [2.24, 2.45) is 5.73 Å². The van der Waals surface area contributed by atoms with Crippen molar-refractivity contribution in [3.05, 3.63) is 35.4 Å². The molecule has 0 aliphatic carbocycles. The average Bonchev–Trinajstić information content (AvgIpc) is 3.10. The van der Waals surface area contributed by atoms with Gasteiger partial charge in [0.15, 0.2) is 0 Å². The third-order valence-corrected chi connectivity index (χ3v) is 4.94. The minimum absolute atomic E-state index is 0.0117. The van der Waals surface area contributed by atoms with Gasteiger partial charge in [0.25, 0.3) is 0 Å². The molecule has 2 aliphatic rings. The number of primary amides is 1. The molecule has 2 heterocycles. The third kappa shape index (κ3) is 3.72. The summed E-state index contributed by atoms with van der Waals surface area (Å²) >= 11 is 0. The van der Waals surface area contributed by atoms with Gasteiger partial charge in [-0.05, 0) is 49.9 Å². The van der Waals surface area contributed by atoms with Crippen LogP contribution in [0.1, 0.15) is 48.0 Å². The van der Waals surface area contributed by atoms with Crippen LogP contribution in [0.15, 0.2) is 24.3 Å². The molecule has 0 radical (unpaired) electrons. The first-order valence-corrected chi connectivity index (χ1v) is 8.57. The Balaban J connectivity index is 1.68. The standard InChI is InChI=1S/C18H25N3O2/c19-17(22)15-8-6-14(7-9-15)13-21-12-2-1-5-16(21)18(23)20-10-3-4-11-20/h6-9,16H,1-5,10-13H2,(H2,19,22). The van der Waals surface area contributed by atoms with Crippen LogP contribution in [0.5, 0.6) is 0 Å². The number of nitrogens with zero attached hydrogens (tertiary/aromatic N) is 2. The van der Waals surface area contributed by atoms with Crippen LogP contribution in [0.3, 0.4) is 0 Å². The quantitative estimate of drug-likeness (QED) is 0.920. The molecule has 2 N–H and O–H groups in total. The summed E-state index contributed by atoms with van der Waals surface area (Å²) in [5.74, 6) is -0.104. The zero-order chi connectivity index (χ0) is 16.2. The second-order valence-electron chi connectivity index (χ2n) is 6.58. The minimum atomic E-state index is -0.406. The Morgan fingerprint density at radius 2 is 1.65 bits per heavy atom. The summed E-state index contributed by atoms with van der Waals surface area (Å²) in [7, 11) is 0. The summed E-state index contributed by atoms with van der Waals surface area (Å²) in [6.45, 7) is 3.54. The fraction of sp³-hybridized carbons (Fsp3) is 0.556. The lowest BCUT2D eigenvalue weighted by Crippen LogP contribution is -2.49. The molecule has 2 fully saturated rings. The number of hydrogen-bond acceptors (Lipinski definition) is 3. The van der Waals surface area contributed by atoms with Gasteiger partial charge in [-0.3, -0.25) is 14.5 Å². The van der Waals surface area contributed by atoms with Crippen LogP contribution in [0.25, 0.3) is 0 Å². The number of hydrogen-bond donors (Lipinski definition) is 1. The lowest BCUT2D eigenvalue weighted by atomic mass is 9.99. The number of benzene rings is 1. The molecule has 2 amide bonds. The molecular weight excluding hydrogens is 290 g/mol. The highest BCUT2D eigenvalue weighted by molar-refractivity contribution is 5.92. The van der Waals surface area contributed by atoms with Gasteiger partial charge in [0, 0.05) is 25.2 Å². The van der Waals surface area contributed by atoms with E-state index in [4.69, 9.17) is 5.73 Å². The van der Waals surface area contributed by atoms with Crippen molar-refractivity contribution in [2.45, 2.75) is 44.7 Å². The van der Waals surface area contributed by atoms with Crippen molar-refractivity contribution in [1.29, 1.82) is 0 Å². The Kier molecular flexibility index (Phi) is 4.96. The SMILES string of the molecule is NC(=O)c1ccc(CN2CCCCC2C(=O)N2CCCC2)cc1. The second-order valence-corrected chi connectivity index (χ2v) is 6.58. The van der Waals surface area contributed by atoms with E-state index in [-0.39, 0.29) is 6.04 Å². The van der Waals surface area contributed by atoms with Crippen LogP contribution < -0.4 is 5.73 Å². The van der Waals surface area contributed by atoms with Gasteiger partial charge in [-0.2, -0.15) is 0 Å². The first-order valence-electron chi connectivity index (χ1n) is 8.57. The summed E-state index contributed by atoms with van der Waals surface area (Å²) < 4.78 is 0. The van der Waals surface area contributed by atoms with Crippen LogP contribution in [-0.4, -0.2) is 47.3 Å². The van der Waals surface area contributed by atoms with E-state index >= 15 is 0 Å². The van der Waals surface area contributed by atoms with E-state index < -0.39 is 5.91 Å². The van der Waals surface area contributed by atoms with Crippen molar-refractivity contribution in [2.75, 3.05) is 19.6 Å². The predicted molar refractivity (Wildman–Crippen MR) is 88.8 cm³/mol. The van der Waals surface area contributed by atoms with Gasteiger partial charge < -0.3 is 10.6 Å². The van der Waals surface area contributed by atoms with Gasteiger partial charge in [0.2, 0.25) is 11.8 Å². The first kappa shape index (κ1) is 16.0. The highest BCUT2D eigenvalue weighted by Gasteiger charge is 2.32. The molecule has 0 bridgehead atoms. The van der Waals surface area contributed by atoms with E-state index in [1.165, 1.54) is 0 Å². The number of rotatable bonds is 4. The van der Waals surface area contributed by atoms with Crippen LogP contribution in [0.4, 0.5) is 0 Å². The molecule has 23 heavy (non-hydrogen) atoms. The highest BCUT2D eigenvalue weighted by Crippen LogP contribution is 2.23. The highest BCUT2D eigenvalue weighted by atomic mass is 16.2. The normalized spacial score (nSPS) is 22.3. The largest absolute Gasteiger partial charge is 0.366 e. The molecule has 0 spiro atoms. The third-order valence-electron chi connectivity index (χ3n) is 4.94. The zero-order valence-electron chi connectivity index (χ0n) is 13.5. The van der Waals surface area contributed by atoms with Crippen molar-refractivity contribution >= 4 is 11.8 Å². The van der Waals surface area contributed by atoms with Gasteiger partial charge in [-0.1, -0.05) is 18.6 Å². The molecule has 124 valence electrons. The molecule has 1 aromatic rings. The molecule has 1 aromatic carbocycles. The van der Waals surface area contributed by atoms with Crippen molar-refractivity contribution in [3.8, 4) is 0 Å². The smallest absolute Gasteiger partial charge is 0.248 e. The van der Waals surface area contributed by atoms with E-state index in [1.807, 2.05) is 17.0 Å². The van der Waals surface area contributed by atoms with E-state index in [1.54, 1.807) is 12.1 Å². The van der Waals surface area contributed by atoms with Crippen molar-refractivity contribution in [3.63, 3.8) is 0 Å². The molecule has 0 saturated carbocycles. The fourth-order valence-corrected chi connectivity index (χ4v) is 3.62.